The summed E-state index contributed by atoms with van der Waals surface area (Å²) in [6.45, 7) is 0. The van der Waals surface area contributed by atoms with Crippen LogP contribution in [0.5, 0.6) is 5.88 Å². The van der Waals surface area contributed by atoms with E-state index in [2.05, 4.69) is 18.7 Å². The number of hydrogen-bond donors (Lipinski definition) is 0. The summed E-state index contributed by atoms with van der Waals surface area (Å²) in [6.07, 6.45) is 4.81. The lowest BCUT2D eigenvalue weighted by Gasteiger charge is -1.96. The largest absolute Gasteiger partial charge is 0.479 e. The molecule has 0 radical (unpaired) electrons. The molecule has 0 aliphatic carbocycles. The molecule has 0 saturated heterocycles. The van der Waals surface area contributed by atoms with Gasteiger partial charge in [-0.15, -0.1) is 4.37 Å². The van der Waals surface area contributed by atoms with Crippen molar-refractivity contribution >= 4 is 11.7 Å². The van der Waals surface area contributed by atoms with Gasteiger partial charge in [0.1, 0.15) is 6.33 Å². The van der Waals surface area contributed by atoms with Gasteiger partial charge in [-0.25, -0.2) is 9.97 Å². The maximum Gasteiger partial charge on any atom is 0.253 e. The van der Waals surface area contributed by atoms with E-state index in [1.165, 1.54) is 6.33 Å². The highest BCUT2D eigenvalue weighted by Crippen LogP contribution is 2.25. The number of methoxy groups -OCH3 is 1. The second kappa shape index (κ2) is 3.44. The van der Waals surface area contributed by atoms with Crippen molar-refractivity contribution < 1.29 is 4.74 Å². The third kappa shape index (κ3) is 1.48. The summed E-state index contributed by atoms with van der Waals surface area (Å²) in [5.74, 6) is 0.514. The first-order valence-corrected chi connectivity index (χ1v) is 4.27. The van der Waals surface area contributed by atoms with Gasteiger partial charge in [-0.1, -0.05) is 0 Å². The molecule has 0 saturated carbocycles. The quantitative estimate of drug-likeness (QED) is 0.713. The molecule has 66 valence electrons. The summed E-state index contributed by atoms with van der Waals surface area (Å²) in [5, 5.41) is 0. The van der Waals surface area contributed by atoms with Crippen molar-refractivity contribution in [3.8, 4) is 17.1 Å². The Morgan fingerprint density at radius 1 is 1.23 bits per heavy atom. The third-order valence-electron chi connectivity index (χ3n) is 1.49. The van der Waals surface area contributed by atoms with E-state index >= 15 is 0 Å². The Hall–Kier alpha value is -1.56. The van der Waals surface area contributed by atoms with Crippen LogP contribution in [-0.2, 0) is 0 Å². The molecule has 0 N–H and O–H groups in total. The topological polar surface area (TPSA) is 60.8 Å². The Kier molecular flexibility index (Phi) is 2.13. The number of nitrogens with zero attached hydrogens (tertiary/aromatic N) is 4. The average Bonchev–Trinajstić information content (AvgIpc) is 2.67. The van der Waals surface area contributed by atoms with Crippen LogP contribution in [0, 0.1) is 0 Å². The smallest absolute Gasteiger partial charge is 0.253 e. The lowest BCUT2D eigenvalue weighted by molar-refractivity contribution is 0.403. The van der Waals surface area contributed by atoms with Crippen LogP contribution in [-0.4, -0.2) is 25.8 Å². The fourth-order valence-electron chi connectivity index (χ4n) is 0.912. The zero-order valence-electron chi connectivity index (χ0n) is 6.84. The number of hydrogen-bond acceptors (Lipinski definition) is 6. The van der Waals surface area contributed by atoms with Crippen LogP contribution in [0.1, 0.15) is 0 Å². The lowest BCUT2D eigenvalue weighted by Crippen LogP contribution is -1.87. The van der Waals surface area contributed by atoms with E-state index in [1.807, 2.05) is 0 Å². The first-order chi connectivity index (χ1) is 6.42. The van der Waals surface area contributed by atoms with Gasteiger partial charge >= 0.3 is 0 Å². The van der Waals surface area contributed by atoms with E-state index in [-0.39, 0.29) is 0 Å². The molecule has 2 aromatic rings. The van der Waals surface area contributed by atoms with Crippen LogP contribution in [0.2, 0.25) is 0 Å². The standard InChI is InChI=1S/C7H6N4OS/c1-12-7-6(10-13-11-7)5-2-8-4-9-3-5/h2-4H,1H3. The zero-order valence-corrected chi connectivity index (χ0v) is 7.65. The van der Waals surface area contributed by atoms with E-state index in [1.54, 1.807) is 19.5 Å². The molecular weight excluding hydrogens is 188 g/mol. The summed E-state index contributed by atoms with van der Waals surface area (Å²) in [7, 11) is 1.56. The van der Waals surface area contributed by atoms with E-state index in [9.17, 15) is 0 Å². The molecule has 6 heteroatoms. The number of aromatic nitrogens is 4. The normalized spacial score (nSPS) is 9.92. The summed E-state index contributed by atoms with van der Waals surface area (Å²) in [5.41, 5.74) is 1.50. The third-order valence-corrected chi connectivity index (χ3v) is 2.00. The van der Waals surface area contributed by atoms with Crippen LogP contribution in [0.4, 0.5) is 0 Å². The van der Waals surface area contributed by atoms with Crippen LogP contribution >= 0.6 is 11.7 Å². The molecule has 0 fully saturated rings. The maximum absolute atomic E-state index is 5.02. The van der Waals surface area contributed by atoms with Gasteiger partial charge < -0.3 is 4.74 Å². The van der Waals surface area contributed by atoms with Crippen molar-refractivity contribution in [2.24, 2.45) is 0 Å². The minimum atomic E-state index is 0.514. The van der Waals surface area contributed by atoms with Gasteiger partial charge in [-0.2, -0.15) is 4.37 Å². The first kappa shape index (κ1) is 8.06. The molecule has 0 unspecified atom stereocenters. The van der Waals surface area contributed by atoms with Gasteiger partial charge in [-0.3, -0.25) is 0 Å². The molecule has 0 amide bonds. The molecule has 2 aromatic heterocycles. The van der Waals surface area contributed by atoms with E-state index in [0.29, 0.717) is 11.6 Å². The Morgan fingerprint density at radius 3 is 2.69 bits per heavy atom. The van der Waals surface area contributed by atoms with Crippen LogP contribution < -0.4 is 4.74 Å². The van der Waals surface area contributed by atoms with Crippen molar-refractivity contribution in [2.45, 2.75) is 0 Å². The summed E-state index contributed by atoms with van der Waals surface area (Å²) >= 11 is 1.11. The molecule has 0 spiro atoms. The van der Waals surface area contributed by atoms with Crippen molar-refractivity contribution in [1.29, 1.82) is 0 Å². The van der Waals surface area contributed by atoms with Gasteiger partial charge in [0.25, 0.3) is 5.88 Å². The van der Waals surface area contributed by atoms with Gasteiger partial charge in [0.2, 0.25) is 0 Å². The predicted molar refractivity (Wildman–Crippen MR) is 47.5 cm³/mol. The number of rotatable bonds is 2. The summed E-state index contributed by atoms with van der Waals surface area (Å²) < 4.78 is 13.1. The molecule has 5 nitrogen and oxygen atoms in total. The molecule has 0 aliphatic rings. The molecular formula is C7H6N4OS. The van der Waals surface area contributed by atoms with Crippen LogP contribution in [0.15, 0.2) is 18.7 Å². The van der Waals surface area contributed by atoms with Gasteiger partial charge in [0.05, 0.1) is 18.8 Å². The Bertz CT molecular complexity index is 388. The van der Waals surface area contributed by atoms with Crippen molar-refractivity contribution in [3.63, 3.8) is 0 Å². The van der Waals surface area contributed by atoms with Gasteiger partial charge in [-0.05, 0) is 0 Å². The Labute approximate surface area is 78.8 Å². The lowest BCUT2D eigenvalue weighted by atomic mass is 10.2. The van der Waals surface area contributed by atoms with Crippen LogP contribution in [0.25, 0.3) is 11.3 Å². The molecule has 2 rings (SSSR count). The highest BCUT2D eigenvalue weighted by molar-refractivity contribution is 6.99. The summed E-state index contributed by atoms with van der Waals surface area (Å²) in [6, 6.07) is 0. The molecule has 0 atom stereocenters. The monoisotopic (exact) mass is 194 g/mol. The van der Waals surface area contributed by atoms with Crippen molar-refractivity contribution in [1.82, 2.24) is 18.7 Å². The molecule has 0 aliphatic heterocycles. The predicted octanol–water partition coefficient (Wildman–Crippen LogP) is 1.00. The zero-order chi connectivity index (χ0) is 9.10. The van der Waals surface area contributed by atoms with E-state index < -0.39 is 0 Å². The van der Waals surface area contributed by atoms with Gasteiger partial charge in [0, 0.05) is 18.0 Å². The summed E-state index contributed by atoms with van der Waals surface area (Å²) in [4.78, 5) is 7.77. The minimum absolute atomic E-state index is 0.514. The molecule has 0 bridgehead atoms. The Morgan fingerprint density at radius 2 is 2.00 bits per heavy atom. The first-order valence-electron chi connectivity index (χ1n) is 3.53. The highest BCUT2D eigenvalue weighted by atomic mass is 32.1. The van der Waals surface area contributed by atoms with E-state index in [4.69, 9.17) is 4.74 Å². The second-order valence-electron chi connectivity index (χ2n) is 2.25. The van der Waals surface area contributed by atoms with Crippen molar-refractivity contribution in [3.05, 3.63) is 18.7 Å². The molecule has 0 aromatic carbocycles. The van der Waals surface area contributed by atoms with Crippen molar-refractivity contribution in [2.75, 3.05) is 7.11 Å². The molecule has 2 heterocycles. The van der Waals surface area contributed by atoms with Crippen LogP contribution in [0.3, 0.4) is 0 Å². The SMILES string of the molecule is COc1nsnc1-c1cncnc1. The Balaban J connectivity index is 2.47. The number of ether oxygens (including phenoxy) is 1. The minimum Gasteiger partial charge on any atom is -0.479 e. The fourth-order valence-corrected chi connectivity index (χ4v) is 1.45. The highest BCUT2D eigenvalue weighted by Gasteiger charge is 2.10. The van der Waals surface area contributed by atoms with E-state index in [0.717, 1.165) is 17.3 Å². The fraction of sp³-hybridized carbons (Fsp3) is 0.143. The molecule has 13 heavy (non-hydrogen) atoms. The second-order valence-corrected chi connectivity index (χ2v) is 2.78. The maximum atomic E-state index is 5.02. The average molecular weight is 194 g/mol. The van der Waals surface area contributed by atoms with Gasteiger partial charge in [0.15, 0.2) is 5.69 Å².